The van der Waals surface area contributed by atoms with Crippen LogP contribution in [0, 0.1) is 0 Å². The number of aromatic nitrogens is 2. The van der Waals surface area contributed by atoms with E-state index in [4.69, 9.17) is 4.99 Å². The maximum atomic E-state index is 4.95. The first-order valence-electron chi connectivity index (χ1n) is 9.90. The van der Waals surface area contributed by atoms with Gasteiger partial charge in [-0.05, 0) is 31.9 Å². The summed E-state index contributed by atoms with van der Waals surface area (Å²) in [5.41, 5.74) is 2.58. The molecule has 146 valence electrons. The molecular formula is C21H32N6. The summed E-state index contributed by atoms with van der Waals surface area (Å²) in [7, 11) is 4.04. The Kier molecular flexibility index (Phi) is 6.87. The Morgan fingerprint density at radius 3 is 2.81 bits per heavy atom. The van der Waals surface area contributed by atoms with Crippen LogP contribution in [-0.4, -0.2) is 58.3 Å². The van der Waals surface area contributed by atoms with Gasteiger partial charge in [0, 0.05) is 51.5 Å². The Morgan fingerprint density at radius 2 is 2.11 bits per heavy atom. The maximum Gasteiger partial charge on any atom is 0.194 e. The summed E-state index contributed by atoms with van der Waals surface area (Å²) < 4.78 is 1.84. The number of aliphatic imine (C=N–C) groups is 1. The van der Waals surface area contributed by atoms with Crippen LogP contribution in [-0.2, 0) is 20.1 Å². The van der Waals surface area contributed by atoms with E-state index in [0.717, 1.165) is 38.7 Å². The average Bonchev–Trinajstić information content (AvgIpc) is 3.28. The lowest BCUT2D eigenvalue weighted by molar-refractivity contribution is 0.250. The Morgan fingerprint density at radius 1 is 1.30 bits per heavy atom. The molecule has 0 spiro atoms. The summed E-state index contributed by atoms with van der Waals surface area (Å²) in [4.78, 5) is 9.70. The third-order valence-electron chi connectivity index (χ3n) is 5.05. The van der Waals surface area contributed by atoms with Gasteiger partial charge in [-0.15, -0.1) is 0 Å². The zero-order valence-electron chi connectivity index (χ0n) is 16.8. The molecule has 2 aromatic rings. The fourth-order valence-electron chi connectivity index (χ4n) is 3.69. The highest BCUT2D eigenvalue weighted by molar-refractivity contribution is 5.79. The van der Waals surface area contributed by atoms with Crippen LogP contribution >= 0.6 is 0 Å². The molecular weight excluding hydrogens is 336 g/mol. The number of hydrogen-bond donors (Lipinski definition) is 1. The van der Waals surface area contributed by atoms with E-state index in [9.17, 15) is 0 Å². The van der Waals surface area contributed by atoms with Gasteiger partial charge in [-0.3, -0.25) is 14.6 Å². The van der Waals surface area contributed by atoms with Crippen molar-refractivity contribution in [3.8, 4) is 0 Å². The Balaban J connectivity index is 1.61. The van der Waals surface area contributed by atoms with Crippen molar-refractivity contribution in [1.29, 1.82) is 0 Å². The molecule has 0 saturated carbocycles. The molecule has 1 unspecified atom stereocenters. The predicted octanol–water partition coefficient (Wildman–Crippen LogP) is 2.48. The van der Waals surface area contributed by atoms with E-state index >= 15 is 0 Å². The van der Waals surface area contributed by atoms with E-state index in [0.29, 0.717) is 6.04 Å². The molecule has 1 aromatic carbocycles. The van der Waals surface area contributed by atoms with Crippen molar-refractivity contribution < 1.29 is 0 Å². The van der Waals surface area contributed by atoms with E-state index < -0.39 is 0 Å². The molecule has 2 heterocycles. The first kappa shape index (κ1) is 19.4. The minimum absolute atomic E-state index is 0.519. The van der Waals surface area contributed by atoms with E-state index in [1.807, 2.05) is 17.9 Å². The third kappa shape index (κ3) is 5.57. The smallest absolute Gasteiger partial charge is 0.194 e. The van der Waals surface area contributed by atoms with Crippen LogP contribution in [0.5, 0.6) is 0 Å². The number of hydrogen-bond acceptors (Lipinski definition) is 3. The maximum absolute atomic E-state index is 4.95. The standard InChI is InChI=1S/C21H32N6/c1-4-22-21(25(2)15-19-13-24-26(3)16-19)23-14-20-11-8-12-27(20)17-18-9-6-5-7-10-18/h5-7,9-10,13,16,20H,4,8,11-12,14-15,17H2,1-3H3,(H,22,23). The van der Waals surface area contributed by atoms with Crippen LogP contribution in [0.1, 0.15) is 30.9 Å². The Hall–Kier alpha value is -2.34. The van der Waals surface area contributed by atoms with Crippen LogP contribution in [0.4, 0.5) is 0 Å². The van der Waals surface area contributed by atoms with E-state index in [2.05, 4.69) is 70.7 Å². The predicted molar refractivity (Wildman–Crippen MR) is 111 cm³/mol. The van der Waals surface area contributed by atoms with Crippen LogP contribution in [0.3, 0.4) is 0 Å². The zero-order chi connectivity index (χ0) is 19.1. The van der Waals surface area contributed by atoms with Gasteiger partial charge >= 0.3 is 0 Å². The lowest BCUT2D eigenvalue weighted by atomic mass is 10.2. The lowest BCUT2D eigenvalue weighted by Crippen LogP contribution is -2.40. The van der Waals surface area contributed by atoms with Crippen LogP contribution in [0.15, 0.2) is 47.7 Å². The summed E-state index contributed by atoms with van der Waals surface area (Å²) in [5, 5.41) is 7.68. The SMILES string of the molecule is CCNC(=NCC1CCCN1Cc1ccccc1)N(C)Cc1cnn(C)c1. The van der Waals surface area contributed by atoms with E-state index in [1.54, 1.807) is 0 Å². The van der Waals surface area contributed by atoms with Gasteiger partial charge in [0.05, 0.1) is 12.7 Å². The van der Waals surface area contributed by atoms with Gasteiger partial charge in [0.1, 0.15) is 0 Å². The number of guanidine groups is 1. The number of aryl methyl sites for hydroxylation is 1. The topological polar surface area (TPSA) is 48.7 Å². The number of benzene rings is 1. The summed E-state index contributed by atoms with van der Waals surface area (Å²) >= 11 is 0. The van der Waals surface area contributed by atoms with Crippen molar-refractivity contribution in [2.24, 2.45) is 12.0 Å². The van der Waals surface area contributed by atoms with Crippen molar-refractivity contribution >= 4 is 5.96 Å². The Bertz CT molecular complexity index is 723. The fourth-order valence-corrected chi connectivity index (χ4v) is 3.69. The molecule has 3 rings (SSSR count). The van der Waals surface area contributed by atoms with Gasteiger partial charge in [0.2, 0.25) is 0 Å². The van der Waals surface area contributed by atoms with E-state index in [-0.39, 0.29) is 0 Å². The molecule has 1 aliphatic heterocycles. The van der Waals surface area contributed by atoms with Gasteiger partial charge in [0.25, 0.3) is 0 Å². The second-order valence-electron chi connectivity index (χ2n) is 7.33. The minimum Gasteiger partial charge on any atom is -0.357 e. The van der Waals surface area contributed by atoms with Crippen LogP contribution in [0.2, 0.25) is 0 Å². The molecule has 0 aliphatic carbocycles. The average molecular weight is 369 g/mol. The largest absolute Gasteiger partial charge is 0.357 e. The Labute approximate surface area is 162 Å². The first-order valence-corrected chi connectivity index (χ1v) is 9.90. The fraction of sp³-hybridized carbons (Fsp3) is 0.524. The molecule has 1 N–H and O–H groups in total. The molecule has 0 radical (unpaired) electrons. The molecule has 1 aliphatic rings. The van der Waals surface area contributed by atoms with Crippen molar-refractivity contribution in [2.45, 2.75) is 38.9 Å². The number of rotatable bonds is 7. The molecule has 0 bridgehead atoms. The summed E-state index contributed by atoms with van der Waals surface area (Å²) in [6.45, 7) is 6.81. The van der Waals surface area contributed by atoms with Gasteiger partial charge in [-0.2, -0.15) is 5.10 Å². The van der Waals surface area contributed by atoms with Crippen LogP contribution < -0.4 is 5.32 Å². The number of likely N-dealkylation sites (tertiary alicyclic amines) is 1. The van der Waals surface area contributed by atoms with Crippen molar-refractivity contribution in [3.05, 3.63) is 53.9 Å². The normalized spacial score (nSPS) is 18.0. The highest BCUT2D eigenvalue weighted by atomic mass is 15.3. The molecule has 1 atom stereocenters. The van der Waals surface area contributed by atoms with Gasteiger partial charge in [-0.25, -0.2) is 0 Å². The molecule has 1 saturated heterocycles. The van der Waals surface area contributed by atoms with Gasteiger partial charge in [-0.1, -0.05) is 30.3 Å². The number of nitrogens with zero attached hydrogens (tertiary/aromatic N) is 5. The minimum atomic E-state index is 0.519. The third-order valence-corrected chi connectivity index (χ3v) is 5.05. The molecule has 6 heteroatoms. The molecule has 1 aromatic heterocycles. The first-order chi connectivity index (χ1) is 13.2. The zero-order valence-corrected chi connectivity index (χ0v) is 16.8. The summed E-state index contributed by atoms with van der Waals surface area (Å²) in [6, 6.07) is 11.3. The molecule has 27 heavy (non-hydrogen) atoms. The highest BCUT2D eigenvalue weighted by Crippen LogP contribution is 2.20. The monoisotopic (exact) mass is 368 g/mol. The lowest BCUT2D eigenvalue weighted by Gasteiger charge is -2.25. The molecule has 1 fully saturated rings. The summed E-state index contributed by atoms with van der Waals surface area (Å²) in [5.74, 6) is 0.966. The van der Waals surface area contributed by atoms with Gasteiger partial charge < -0.3 is 10.2 Å². The molecule has 0 amide bonds. The van der Waals surface area contributed by atoms with Crippen molar-refractivity contribution in [2.75, 3.05) is 26.7 Å². The highest BCUT2D eigenvalue weighted by Gasteiger charge is 2.24. The second kappa shape index (κ2) is 9.55. The second-order valence-corrected chi connectivity index (χ2v) is 7.33. The quantitative estimate of drug-likeness (QED) is 0.603. The summed E-state index contributed by atoms with van der Waals surface area (Å²) in [6.07, 6.45) is 6.45. The van der Waals surface area contributed by atoms with E-state index in [1.165, 1.54) is 24.0 Å². The van der Waals surface area contributed by atoms with Crippen molar-refractivity contribution in [1.82, 2.24) is 24.9 Å². The van der Waals surface area contributed by atoms with Gasteiger partial charge in [0.15, 0.2) is 5.96 Å². The number of nitrogens with one attached hydrogen (secondary N) is 1. The molecule has 6 nitrogen and oxygen atoms in total. The van der Waals surface area contributed by atoms with Crippen LogP contribution in [0.25, 0.3) is 0 Å². The van der Waals surface area contributed by atoms with Crippen molar-refractivity contribution in [3.63, 3.8) is 0 Å².